The van der Waals surface area contributed by atoms with Crippen LogP contribution in [0.25, 0.3) is 33.4 Å². The highest BCUT2D eigenvalue weighted by atomic mass is 19.1. The van der Waals surface area contributed by atoms with E-state index < -0.39 is 0 Å². The third kappa shape index (κ3) is 2.63. The van der Waals surface area contributed by atoms with Crippen LogP contribution in [0.1, 0.15) is 0 Å². The largest absolute Gasteiger partial charge is 0.256 e. The van der Waals surface area contributed by atoms with E-state index >= 15 is 0 Å². The quantitative estimate of drug-likeness (QED) is 0.505. The molecule has 116 valence electrons. The third-order valence-electron chi connectivity index (χ3n) is 3.82. The summed E-state index contributed by atoms with van der Waals surface area (Å²) in [7, 11) is 0. The molecule has 2 nitrogen and oxygen atoms in total. The van der Waals surface area contributed by atoms with Crippen LogP contribution in [-0.2, 0) is 0 Å². The molecule has 0 saturated carbocycles. The van der Waals surface area contributed by atoms with Crippen LogP contribution in [0.4, 0.5) is 8.78 Å². The molecular formula is C20H12F2N2. The molecule has 0 unspecified atom stereocenters. The molecule has 24 heavy (non-hydrogen) atoms. The predicted octanol–water partition coefficient (Wildman–Crippen LogP) is 5.24. The molecule has 2 aromatic heterocycles. The summed E-state index contributed by atoms with van der Waals surface area (Å²) in [6.45, 7) is 0. The van der Waals surface area contributed by atoms with E-state index in [1.165, 1.54) is 24.3 Å². The van der Waals surface area contributed by atoms with Gasteiger partial charge >= 0.3 is 0 Å². The number of pyridine rings is 2. The molecule has 0 radical (unpaired) electrons. The number of nitrogens with zero attached hydrogens (tertiary/aromatic N) is 2. The number of fused-ring (bicyclic) bond motifs is 1. The average Bonchev–Trinajstić information content (AvgIpc) is 2.61. The minimum absolute atomic E-state index is 0.331. The highest BCUT2D eigenvalue weighted by Crippen LogP contribution is 2.30. The van der Waals surface area contributed by atoms with Crippen molar-refractivity contribution >= 4 is 10.9 Å². The molecule has 4 aromatic rings. The van der Waals surface area contributed by atoms with Gasteiger partial charge in [0, 0.05) is 22.7 Å². The van der Waals surface area contributed by atoms with Crippen molar-refractivity contribution in [1.82, 2.24) is 9.97 Å². The molecule has 0 aliphatic heterocycles. The van der Waals surface area contributed by atoms with E-state index in [1.807, 2.05) is 18.2 Å². The molecule has 0 N–H and O–H groups in total. The normalized spacial score (nSPS) is 10.9. The summed E-state index contributed by atoms with van der Waals surface area (Å²) in [5.41, 5.74) is 3.26. The zero-order valence-electron chi connectivity index (χ0n) is 12.6. The van der Waals surface area contributed by atoms with Gasteiger partial charge in [0.2, 0.25) is 0 Å². The molecule has 0 atom stereocenters. The second-order valence-electron chi connectivity index (χ2n) is 5.45. The fourth-order valence-electron chi connectivity index (χ4n) is 2.73. The molecule has 4 heteroatoms. The molecule has 2 heterocycles. The lowest BCUT2D eigenvalue weighted by molar-refractivity contribution is 0.628. The number of hydrogen-bond donors (Lipinski definition) is 0. The van der Waals surface area contributed by atoms with Gasteiger partial charge in [0.1, 0.15) is 11.6 Å². The van der Waals surface area contributed by atoms with Crippen LogP contribution in [0, 0.1) is 11.6 Å². The molecule has 0 aliphatic rings. The summed E-state index contributed by atoms with van der Waals surface area (Å²) >= 11 is 0. The zero-order valence-corrected chi connectivity index (χ0v) is 12.6. The van der Waals surface area contributed by atoms with E-state index in [0.717, 1.165) is 10.9 Å². The molecule has 0 saturated heterocycles. The second-order valence-corrected chi connectivity index (χ2v) is 5.45. The molecule has 0 spiro atoms. The lowest BCUT2D eigenvalue weighted by atomic mass is 10.0. The van der Waals surface area contributed by atoms with E-state index in [9.17, 15) is 8.78 Å². The topological polar surface area (TPSA) is 25.8 Å². The molecule has 0 bridgehead atoms. The maximum atomic E-state index is 13.6. The first-order valence-corrected chi connectivity index (χ1v) is 7.48. The van der Waals surface area contributed by atoms with Crippen molar-refractivity contribution in [3.63, 3.8) is 0 Å². The van der Waals surface area contributed by atoms with Gasteiger partial charge in [-0.1, -0.05) is 24.3 Å². The van der Waals surface area contributed by atoms with Gasteiger partial charge in [-0.2, -0.15) is 0 Å². The van der Waals surface area contributed by atoms with Gasteiger partial charge < -0.3 is 0 Å². The van der Waals surface area contributed by atoms with Crippen LogP contribution in [0.15, 0.2) is 72.9 Å². The Morgan fingerprint density at radius 2 is 1.42 bits per heavy atom. The predicted molar refractivity (Wildman–Crippen MR) is 90.3 cm³/mol. The number of benzene rings is 2. The summed E-state index contributed by atoms with van der Waals surface area (Å²) in [4.78, 5) is 9.02. The number of rotatable bonds is 2. The fourth-order valence-corrected chi connectivity index (χ4v) is 2.73. The Labute approximate surface area is 137 Å². The van der Waals surface area contributed by atoms with Crippen LogP contribution in [0.2, 0.25) is 0 Å². The van der Waals surface area contributed by atoms with Crippen molar-refractivity contribution in [2.24, 2.45) is 0 Å². The molecular weight excluding hydrogens is 306 g/mol. The first kappa shape index (κ1) is 14.5. The maximum absolute atomic E-state index is 13.6. The Hall–Kier alpha value is -3.14. The Bertz CT molecular complexity index is 1040. The van der Waals surface area contributed by atoms with Gasteiger partial charge in [0.25, 0.3) is 0 Å². The molecule has 0 aliphatic carbocycles. The fraction of sp³-hybridized carbons (Fsp3) is 0. The summed E-state index contributed by atoms with van der Waals surface area (Å²) < 4.78 is 27.2. The van der Waals surface area contributed by atoms with Crippen LogP contribution in [0.3, 0.4) is 0 Å². The van der Waals surface area contributed by atoms with Gasteiger partial charge in [0.05, 0.1) is 16.9 Å². The third-order valence-corrected chi connectivity index (χ3v) is 3.82. The van der Waals surface area contributed by atoms with Crippen molar-refractivity contribution in [3.8, 4) is 22.5 Å². The first-order valence-electron chi connectivity index (χ1n) is 7.48. The van der Waals surface area contributed by atoms with E-state index in [2.05, 4.69) is 9.97 Å². The standard InChI is InChI=1S/C20H12F2N2/c21-15-6-1-4-13(10-15)18-12-19-17(8-3-9-23-19)20(24-18)14-5-2-7-16(22)11-14/h1-12H. The Kier molecular flexibility index (Phi) is 3.50. The maximum Gasteiger partial charge on any atom is 0.123 e. The summed E-state index contributed by atoms with van der Waals surface area (Å²) in [6.07, 6.45) is 1.69. The van der Waals surface area contributed by atoms with Crippen LogP contribution in [0.5, 0.6) is 0 Å². The van der Waals surface area contributed by atoms with Crippen LogP contribution >= 0.6 is 0 Å². The molecule has 0 amide bonds. The highest BCUT2D eigenvalue weighted by Gasteiger charge is 2.11. The van der Waals surface area contributed by atoms with Crippen LogP contribution in [-0.4, -0.2) is 9.97 Å². The monoisotopic (exact) mass is 318 g/mol. The van der Waals surface area contributed by atoms with Gasteiger partial charge in [0.15, 0.2) is 0 Å². The lowest BCUT2D eigenvalue weighted by Crippen LogP contribution is -1.93. The first-order chi connectivity index (χ1) is 11.7. The summed E-state index contributed by atoms with van der Waals surface area (Å²) in [6, 6.07) is 18.0. The van der Waals surface area contributed by atoms with Gasteiger partial charge in [-0.05, 0) is 42.5 Å². The zero-order chi connectivity index (χ0) is 16.5. The number of halogens is 2. The second kappa shape index (κ2) is 5.81. The van der Waals surface area contributed by atoms with E-state index in [-0.39, 0.29) is 11.6 Å². The summed E-state index contributed by atoms with van der Waals surface area (Å²) in [5, 5.41) is 0.822. The van der Waals surface area contributed by atoms with Gasteiger partial charge in [-0.25, -0.2) is 13.8 Å². The smallest absolute Gasteiger partial charge is 0.123 e. The molecule has 2 aromatic carbocycles. The Balaban J connectivity index is 2.01. The van der Waals surface area contributed by atoms with Crippen molar-refractivity contribution in [2.75, 3.05) is 0 Å². The minimum atomic E-state index is -0.331. The van der Waals surface area contributed by atoms with Gasteiger partial charge in [-0.15, -0.1) is 0 Å². The van der Waals surface area contributed by atoms with Crippen molar-refractivity contribution in [3.05, 3.63) is 84.6 Å². The van der Waals surface area contributed by atoms with Crippen molar-refractivity contribution < 1.29 is 8.78 Å². The number of hydrogen-bond acceptors (Lipinski definition) is 2. The van der Waals surface area contributed by atoms with E-state index in [1.54, 1.807) is 30.5 Å². The van der Waals surface area contributed by atoms with Gasteiger partial charge in [-0.3, -0.25) is 4.98 Å². The molecule has 0 fully saturated rings. The SMILES string of the molecule is Fc1cccc(-c2cc3ncccc3c(-c3cccc(F)c3)n2)c1. The highest BCUT2D eigenvalue weighted by molar-refractivity contribution is 5.94. The lowest BCUT2D eigenvalue weighted by Gasteiger charge is -2.10. The minimum Gasteiger partial charge on any atom is -0.256 e. The van der Waals surface area contributed by atoms with Crippen molar-refractivity contribution in [1.29, 1.82) is 0 Å². The Morgan fingerprint density at radius 3 is 2.17 bits per heavy atom. The summed E-state index contributed by atoms with van der Waals surface area (Å²) in [5.74, 6) is -0.662. The molecule has 4 rings (SSSR count). The van der Waals surface area contributed by atoms with E-state index in [4.69, 9.17) is 0 Å². The van der Waals surface area contributed by atoms with Crippen LogP contribution < -0.4 is 0 Å². The van der Waals surface area contributed by atoms with Crippen molar-refractivity contribution in [2.45, 2.75) is 0 Å². The number of aromatic nitrogens is 2. The van der Waals surface area contributed by atoms with E-state index in [0.29, 0.717) is 22.5 Å². The average molecular weight is 318 g/mol. The Morgan fingerprint density at radius 1 is 0.708 bits per heavy atom.